The molecule has 1 N–H and O–H groups in total. The highest BCUT2D eigenvalue weighted by molar-refractivity contribution is 5.92. The molecular weight excluding hydrogens is 346 g/mol. The van der Waals surface area contributed by atoms with E-state index in [4.69, 9.17) is 4.52 Å². The highest BCUT2D eigenvalue weighted by atomic mass is 16.5. The molecule has 9 heteroatoms. The average molecular weight is 361 g/mol. The Kier molecular flexibility index (Phi) is 4.40. The Hall–Kier alpha value is -3.88. The molecule has 0 aliphatic rings. The molecule has 4 rings (SSSR count). The van der Waals surface area contributed by atoms with Gasteiger partial charge in [0.2, 0.25) is 11.7 Å². The van der Waals surface area contributed by atoms with Crippen LogP contribution < -0.4 is 5.32 Å². The van der Waals surface area contributed by atoms with E-state index < -0.39 is 6.04 Å². The Morgan fingerprint density at radius 2 is 2.04 bits per heavy atom. The normalized spacial score (nSPS) is 11.9. The van der Waals surface area contributed by atoms with Gasteiger partial charge in [-0.15, -0.1) is 5.10 Å². The minimum absolute atomic E-state index is 0.192. The summed E-state index contributed by atoms with van der Waals surface area (Å²) in [6, 6.07) is 12.5. The molecule has 0 bridgehead atoms. The van der Waals surface area contributed by atoms with Gasteiger partial charge in [0.1, 0.15) is 6.04 Å². The fraction of sp³-hybridized carbons (Fsp3) is 0.111. The molecule has 3 heterocycles. The van der Waals surface area contributed by atoms with Crippen LogP contribution in [0, 0.1) is 0 Å². The smallest absolute Gasteiger partial charge is 0.274 e. The summed E-state index contributed by atoms with van der Waals surface area (Å²) in [4.78, 5) is 20.8. The summed E-state index contributed by atoms with van der Waals surface area (Å²) in [5.74, 6) is 0.317. The van der Waals surface area contributed by atoms with Gasteiger partial charge in [0, 0.05) is 18.0 Å². The number of para-hydroxylation sites is 1. The zero-order chi connectivity index (χ0) is 18.6. The first-order valence-electron chi connectivity index (χ1n) is 8.23. The van der Waals surface area contributed by atoms with Crippen molar-refractivity contribution in [1.29, 1.82) is 0 Å². The second-order valence-corrected chi connectivity index (χ2v) is 5.78. The molecule has 27 heavy (non-hydrogen) atoms. The zero-order valence-electron chi connectivity index (χ0n) is 14.4. The van der Waals surface area contributed by atoms with Crippen LogP contribution in [0.5, 0.6) is 0 Å². The Balaban J connectivity index is 1.46. The Labute approximate surface area is 154 Å². The van der Waals surface area contributed by atoms with Crippen LogP contribution in [0.1, 0.15) is 29.3 Å². The molecule has 9 nitrogen and oxygen atoms in total. The maximum Gasteiger partial charge on any atom is 0.274 e. The summed E-state index contributed by atoms with van der Waals surface area (Å²) < 4.78 is 6.78. The maximum absolute atomic E-state index is 12.4. The third-order valence-corrected chi connectivity index (χ3v) is 3.83. The van der Waals surface area contributed by atoms with Crippen molar-refractivity contribution >= 4 is 5.91 Å². The molecule has 3 aromatic heterocycles. The third-order valence-electron chi connectivity index (χ3n) is 3.83. The summed E-state index contributed by atoms with van der Waals surface area (Å²) >= 11 is 0. The van der Waals surface area contributed by atoms with Gasteiger partial charge in [-0.25, -0.2) is 4.68 Å². The van der Waals surface area contributed by atoms with Crippen LogP contribution in [0.3, 0.4) is 0 Å². The minimum atomic E-state index is -0.489. The number of hydrogen-bond donors (Lipinski definition) is 1. The number of benzene rings is 1. The monoisotopic (exact) mass is 361 g/mol. The molecule has 1 atom stereocenters. The van der Waals surface area contributed by atoms with E-state index in [-0.39, 0.29) is 17.5 Å². The molecule has 0 saturated heterocycles. The third kappa shape index (κ3) is 3.56. The standard InChI is InChI=1S/C18H15N7O2/c1-12(18-21-16(23-27-18)13-6-5-9-19-10-13)20-17(26)15-11-25(24-22-15)14-7-3-2-4-8-14/h2-12H,1H3,(H,20,26)/t12-/m0/s1. The van der Waals surface area contributed by atoms with Crippen LogP contribution in [-0.4, -0.2) is 36.0 Å². The van der Waals surface area contributed by atoms with Crippen LogP contribution in [0.25, 0.3) is 17.1 Å². The number of nitrogens with one attached hydrogen (secondary N) is 1. The van der Waals surface area contributed by atoms with Gasteiger partial charge in [-0.1, -0.05) is 28.6 Å². The van der Waals surface area contributed by atoms with Crippen molar-refractivity contribution in [2.24, 2.45) is 0 Å². The van der Waals surface area contributed by atoms with Gasteiger partial charge in [-0.05, 0) is 31.2 Å². The van der Waals surface area contributed by atoms with Gasteiger partial charge in [0.25, 0.3) is 5.91 Å². The molecule has 1 aromatic carbocycles. The van der Waals surface area contributed by atoms with Gasteiger partial charge >= 0.3 is 0 Å². The van der Waals surface area contributed by atoms with E-state index in [1.807, 2.05) is 36.4 Å². The van der Waals surface area contributed by atoms with Crippen molar-refractivity contribution in [3.05, 3.63) is 72.6 Å². The van der Waals surface area contributed by atoms with E-state index in [1.54, 1.807) is 31.6 Å². The average Bonchev–Trinajstić information content (AvgIpc) is 3.39. The maximum atomic E-state index is 12.4. The number of hydrogen-bond acceptors (Lipinski definition) is 7. The fourth-order valence-corrected chi connectivity index (χ4v) is 2.43. The molecule has 0 spiro atoms. The first-order valence-corrected chi connectivity index (χ1v) is 8.23. The van der Waals surface area contributed by atoms with E-state index in [0.717, 1.165) is 11.3 Å². The lowest BCUT2D eigenvalue weighted by Crippen LogP contribution is -2.27. The minimum Gasteiger partial charge on any atom is -0.339 e. The molecule has 0 aliphatic carbocycles. The molecular formula is C18H15N7O2. The number of rotatable bonds is 5. The highest BCUT2D eigenvalue weighted by Crippen LogP contribution is 2.17. The second kappa shape index (κ2) is 7.16. The van der Waals surface area contributed by atoms with Crippen molar-refractivity contribution < 1.29 is 9.32 Å². The Morgan fingerprint density at radius 1 is 1.19 bits per heavy atom. The van der Waals surface area contributed by atoms with E-state index in [2.05, 4.69) is 30.8 Å². The molecule has 0 saturated carbocycles. The Bertz CT molecular complexity index is 1040. The number of nitrogens with zero attached hydrogens (tertiary/aromatic N) is 6. The van der Waals surface area contributed by atoms with Gasteiger partial charge in [-0.2, -0.15) is 4.98 Å². The van der Waals surface area contributed by atoms with Gasteiger partial charge < -0.3 is 9.84 Å². The van der Waals surface area contributed by atoms with Crippen molar-refractivity contribution in [3.63, 3.8) is 0 Å². The van der Waals surface area contributed by atoms with Gasteiger partial charge in [0.15, 0.2) is 5.69 Å². The van der Waals surface area contributed by atoms with Crippen LogP contribution >= 0.6 is 0 Å². The van der Waals surface area contributed by atoms with Crippen molar-refractivity contribution in [2.75, 3.05) is 0 Å². The first-order chi connectivity index (χ1) is 13.2. The van der Waals surface area contributed by atoms with E-state index in [0.29, 0.717) is 5.82 Å². The van der Waals surface area contributed by atoms with Crippen LogP contribution in [-0.2, 0) is 0 Å². The van der Waals surface area contributed by atoms with Gasteiger partial charge in [-0.3, -0.25) is 9.78 Å². The van der Waals surface area contributed by atoms with Gasteiger partial charge in [0.05, 0.1) is 11.9 Å². The van der Waals surface area contributed by atoms with Crippen molar-refractivity contribution in [3.8, 4) is 17.1 Å². The lowest BCUT2D eigenvalue weighted by Gasteiger charge is -2.07. The largest absolute Gasteiger partial charge is 0.339 e. The van der Waals surface area contributed by atoms with Crippen LogP contribution in [0.15, 0.2) is 65.6 Å². The predicted molar refractivity (Wildman–Crippen MR) is 94.8 cm³/mol. The van der Waals surface area contributed by atoms with Crippen molar-refractivity contribution in [1.82, 2.24) is 35.4 Å². The summed E-state index contributed by atoms with van der Waals surface area (Å²) in [5, 5.41) is 14.6. The number of amides is 1. The topological polar surface area (TPSA) is 112 Å². The highest BCUT2D eigenvalue weighted by Gasteiger charge is 2.20. The van der Waals surface area contributed by atoms with E-state index in [9.17, 15) is 4.79 Å². The molecule has 4 aromatic rings. The second-order valence-electron chi connectivity index (χ2n) is 5.78. The van der Waals surface area contributed by atoms with Crippen LogP contribution in [0.4, 0.5) is 0 Å². The van der Waals surface area contributed by atoms with Crippen molar-refractivity contribution in [2.45, 2.75) is 13.0 Å². The SMILES string of the molecule is C[C@H](NC(=O)c1cn(-c2ccccc2)nn1)c1nc(-c2cccnc2)no1. The molecule has 0 unspecified atom stereocenters. The number of carbonyl (C=O) groups is 1. The quantitative estimate of drug-likeness (QED) is 0.580. The number of pyridine rings is 1. The molecule has 134 valence electrons. The summed E-state index contributed by atoms with van der Waals surface area (Å²) in [5.41, 5.74) is 1.74. The molecule has 0 aliphatic heterocycles. The number of aromatic nitrogens is 6. The lowest BCUT2D eigenvalue weighted by atomic mass is 10.2. The zero-order valence-corrected chi connectivity index (χ0v) is 14.4. The molecule has 1 amide bonds. The number of carbonyl (C=O) groups excluding carboxylic acids is 1. The lowest BCUT2D eigenvalue weighted by molar-refractivity contribution is 0.0927. The van der Waals surface area contributed by atoms with Crippen LogP contribution in [0.2, 0.25) is 0 Å². The molecule has 0 fully saturated rings. The summed E-state index contributed by atoms with van der Waals surface area (Å²) in [6.07, 6.45) is 4.86. The first kappa shape index (κ1) is 16.6. The molecule has 0 radical (unpaired) electrons. The predicted octanol–water partition coefficient (Wildman–Crippen LogP) is 2.20. The Morgan fingerprint density at radius 3 is 2.81 bits per heavy atom. The fourth-order valence-electron chi connectivity index (χ4n) is 2.43. The van der Waals surface area contributed by atoms with E-state index in [1.165, 1.54) is 4.68 Å². The summed E-state index contributed by atoms with van der Waals surface area (Å²) in [6.45, 7) is 1.75. The van der Waals surface area contributed by atoms with E-state index >= 15 is 0 Å². The summed E-state index contributed by atoms with van der Waals surface area (Å²) in [7, 11) is 0.